The van der Waals surface area contributed by atoms with Gasteiger partial charge in [-0.05, 0) is 42.1 Å². The molecule has 0 aliphatic carbocycles. The van der Waals surface area contributed by atoms with E-state index in [1.807, 2.05) is 0 Å². The maximum atomic E-state index is 12.6. The molecular formula is C22H24ClN5O7. The molecule has 0 aliphatic rings. The summed E-state index contributed by atoms with van der Waals surface area (Å²) in [5.41, 5.74) is 2.47. The largest absolute Gasteiger partial charge is 0.495 e. The van der Waals surface area contributed by atoms with Crippen molar-refractivity contribution in [2.24, 2.45) is 0 Å². The minimum atomic E-state index is -1.18. The van der Waals surface area contributed by atoms with Gasteiger partial charge in [0.1, 0.15) is 23.2 Å². The Morgan fingerprint density at radius 2 is 1.54 bits per heavy atom. The molecule has 1 aromatic heterocycles. The minimum Gasteiger partial charge on any atom is -0.495 e. The summed E-state index contributed by atoms with van der Waals surface area (Å²) >= 11 is 5.56. The number of rotatable bonds is 11. The number of aromatic amines is 1. The topological polar surface area (TPSA) is 157 Å². The first-order valence-electron chi connectivity index (χ1n) is 10.1. The zero-order chi connectivity index (χ0) is 25.5. The van der Waals surface area contributed by atoms with Gasteiger partial charge < -0.3 is 29.4 Å². The summed E-state index contributed by atoms with van der Waals surface area (Å²) in [5.74, 6) is -0.168. The number of carboxylic acid groups (broad SMARTS) is 1. The van der Waals surface area contributed by atoms with Crippen LogP contribution >= 0.6 is 11.8 Å². The Balaban J connectivity index is 2.03. The molecule has 186 valence electrons. The lowest BCUT2D eigenvalue weighted by atomic mass is 10.0. The summed E-state index contributed by atoms with van der Waals surface area (Å²) in [6, 6.07) is 7.31. The molecule has 0 saturated heterocycles. The van der Waals surface area contributed by atoms with Crippen molar-refractivity contribution in [2.45, 2.75) is 12.5 Å². The molecule has 0 bridgehead atoms. The summed E-state index contributed by atoms with van der Waals surface area (Å²) < 4.78 is 21.6. The predicted octanol–water partition coefficient (Wildman–Crippen LogP) is 2.70. The van der Waals surface area contributed by atoms with Crippen LogP contribution in [0.3, 0.4) is 0 Å². The second-order valence-corrected chi connectivity index (χ2v) is 7.32. The van der Waals surface area contributed by atoms with E-state index < -0.39 is 24.3 Å². The first kappa shape index (κ1) is 25.6. The fourth-order valence-electron chi connectivity index (χ4n) is 3.38. The standard InChI is InChI=1S/C22H24ClN5O7/c1-32-15-6-5-11(7-13(15)24-22(31)14(25-23)10-18(29)30)19-20(27-28-26-19)12-8-16(33-2)21(35-4)17(9-12)34-3/h5-9,14,25H,10H2,1-4H3,(H,24,31)(H,29,30)(H,26,27,28). The van der Waals surface area contributed by atoms with E-state index in [1.54, 1.807) is 30.3 Å². The van der Waals surface area contributed by atoms with Crippen molar-refractivity contribution in [2.75, 3.05) is 33.8 Å². The average Bonchev–Trinajstić information content (AvgIpc) is 3.36. The molecule has 4 N–H and O–H groups in total. The molecule has 0 spiro atoms. The Labute approximate surface area is 205 Å². The monoisotopic (exact) mass is 505 g/mol. The normalized spacial score (nSPS) is 11.5. The van der Waals surface area contributed by atoms with E-state index in [4.69, 9.17) is 35.8 Å². The van der Waals surface area contributed by atoms with Gasteiger partial charge in [0.15, 0.2) is 11.5 Å². The van der Waals surface area contributed by atoms with Gasteiger partial charge in [0.05, 0.1) is 40.5 Å². The van der Waals surface area contributed by atoms with E-state index in [2.05, 4.69) is 25.6 Å². The number of ether oxygens (including phenoxy) is 4. The van der Waals surface area contributed by atoms with Crippen LogP contribution in [0.5, 0.6) is 23.0 Å². The number of halogens is 1. The SMILES string of the molecule is COc1ccc(-c2n[nH]nc2-c2cc(OC)c(OC)c(OC)c2)cc1NC(=O)C(CC(=O)O)NCl. The first-order valence-corrected chi connectivity index (χ1v) is 10.5. The summed E-state index contributed by atoms with van der Waals surface area (Å²) in [5, 5.41) is 22.8. The Kier molecular flexibility index (Phi) is 8.34. The highest BCUT2D eigenvalue weighted by molar-refractivity contribution is 6.16. The van der Waals surface area contributed by atoms with E-state index in [-0.39, 0.29) is 5.69 Å². The molecule has 3 rings (SSSR count). The van der Waals surface area contributed by atoms with Crippen molar-refractivity contribution in [1.29, 1.82) is 0 Å². The van der Waals surface area contributed by atoms with Gasteiger partial charge in [0, 0.05) is 11.1 Å². The van der Waals surface area contributed by atoms with E-state index >= 15 is 0 Å². The minimum absolute atomic E-state index is 0.288. The number of benzene rings is 2. The number of H-pyrrole nitrogens is 1. The molecule has 0 fully saturated rings. The highest BCUT2D eigenvalue weighted by atomic mass is 35.5. The van der Waals surface area contributed by atoms with Crippen LogP contribution in [0.2, 0.25) is 0 Å². The molecule has 0 saturated carbocycles. The van der Waals surface area contributed by atoms with Crippen molar-refractivity contribution in [3.05, 3.63) is 30.3 Å². The fraction of sp³-hybridized carbons (Fsp3) is 0.273. The van der Waals surface area contributed by atoms with Crippen LogP contribution in [0.25, 0.3) is 22.5 Å². The molecule has 13 heteroatoms. The molecule has 35 heavy (non-hydrogen) atoms. The van der Waals surface area contributed by atoms with Gasteiger partial charge in [-0.15, -0.1) is 0 Å². The van der Waals surface area contributed by atoms with Crippen LogP contribution in [0, 0.1) is 0 Å². The Bertz CT molecular complexity index is 1190. The molecule has 1 unspecified atom stereocenters. The van der Waals surface area contributed by atoms with Crippen LogP contribution in [0.1, 0.15) is 6.42 Å². The maximum absolute atomic E-state index is 12.6. The number of aromatic nitrogens is 3. The highest BCUT2D eigenvalue weighted by Crippen LogP contribution is 2.42. The van der Waals surface area contributed by atoms with Gasteiger partial charge in [-0.1, -0.05) is 0 Å². The van der Waals surface area contributed by atoms with Crippen LogP contribution in [0.15, 0.2) is 30.3 Å². The Morgan fingerprint density at radius 3 is 2.06 bits per heavy atom. The molecule has 12 nitrogen and oxygen atoms in total. The van der Waals surface area contributed by atoms with Crippen LogP contribution in [0.4, 0.5) is 5.69 Å². The number of carboxylic acids is 1. The smallest absolute Gasteiger partial charge is 0.305 e. The molecule has 0 aliphatic heterocycles. The lowest BCUT2D eigenvalue weighted by Gasteiger charge is -2.16. The second kappa shape index (κ2) is 11.4. The predicted molar refractivity (Wildman–Crippen MR) is 127 cm³/mol. The van der Waals surface area contributed by atoms with Gasteiger partial charge in [-0.3, -0.25) is 9.59 Å². The summed E-state index contributed by atoms with van der Waals surface area (Å²) in [7, 11) is 5.97. The molecule has 0 radical (unpaired) electrons. The van der Waals surface area contributed by atoms with Gasteiger partial charge in [-0.2, -0.15) is 15.4 Å². The number of amides is 1. The van der Waals surface area contributed by atoms with Crippen molar-refractivity contribution in [1.82, 2.24) is 20.2 Å². The summed E-state index contributed by atoms with van der Waals surface area (Å²) in [6.45, 7) is 0. The molecule has 3 aromatic rings. The average molecular weight is 506 g/mol. The van der Waals surface area contributed by atoms with Gasteiger partial charge in [-0.25, -0.2) is 4.84 Å². The lowest BCUT2D eigenvalue weighted by molar-refractivity contribution is -0.139. The number of anilines is 1. The van der Waals surface area contributed by atoms with E-state index in [1.165, 1.54) is 28.4 Å². The van der Waals surface area contributed by atoms with Crippen molar-refractivity contribution in [3.63, 3.8) is 0 Å². The van der Waals surface area contributed by atoms with Gasteiger partial charge >= 0.3 is 5.97 Å². The third-order valence-corrected chi connectivity index (χ3v) is 5.31. The number of aliphatic carboxylic acids is 1. The van der Waals surface area contributed by atoms with E-state index in [0.717, 1.165) is 0 Å². The number of hydrogen-bond donors (Lipinski definition) is 4. The number of nitrogens with zero attached hydrogens (tertiary/aromatic N) is 2. The molecule has 1 amide bonds. The molecule has 2 aromatic carbocycles. The number of hydrogen-bond acceptors (Lipinski definition) is 9. The second-order valence-electron chi connectivity index (χ2n) is 7.10. The van der Waals surface area contributed by atoms with Crippen molar-refractivity contribution in [3.8, 4) is 45.5 Å². The Morgan fingerprint density at radius 1 is 0.943 bits per heavy atom. The third kappa shape index (κ3) is 5.55. The fourth-order valence-corrected chi connectivity index (χ4v) is 3.56. The number of carbonyl (C=O) groups is 2. The van der Waals surface area contributed by atoms with Gasteiger partial charge in [0.2, 0.25) is 11.7 Å². The van der Waals surface area contributed by atoms with Gasteiger partial charge in [0.25, 0.3) is 0 Å². The van der Waals surface area contributed by atoms with E-state index in [0.29, 0.717) is 45.5 Å². The van der Waals surface area contributed by atoms with Crippen LogP contribution < -0.4 is 29.1 Å². The summed E-state index contributed by atoms with van der Waals surface area (Å²) in [4.78, 5) is 25.8. The quantitative estimate of drug-likeness (QED) is 0.285. The molecular weight excluding hydrogens is 482 g/mol. The Hall–Kier alpha value is -4.03. The van der Waals surface area contributed by atoms with Crippen LogP contribution in [-0.2, 0) is 9.59 Å². The van der Waals surface area contributed by atoms with Crippen molar-refractivity contribution < 1.29 is 33.6 Å². The zero-order valence-electron chi connectivity index (χ0n) is 19.3. The number of nitrogens with one attached hydrogen (secondary N) is 3. The van der Waals surface area contributed by atoms with Crippen LogP contribution in [-0.4, -0.2) is 66.9 Å². The highest BCUT2D eigenvalue weighted by Gasteiger charge is 2.23. The first-order chi connectivity index (χ1) is 16.9. The number of carbonyl (C=O) groups excluding carboxylic acids is 1. The zero-order valence-corrected chi connectivity index (χ0v) is 20.1. The lowest BCUT2D eigenvalue weighted by Crippen LogP contribution is -2.37. The molecule has 1 heterocycles. The van der Waals surface area contributed by atoms with Crippen molar-refractivity contribution >= 4 is 29.3 Å². The maximum Gasteiger partial charge on any atom is 0.305 e. The summed E-state index contributed by atoms with van der Waals surface area (Å²) in [6.07, 6.45) is -0.508. The van der Waals surface area contributed by atoms with E-state index in [9.17, 15) is 9.59 Å². The number of methoxy groups -OCH3 is 4. The molecule has 1 atom stereocenters. The third-order valence-electron chi connectivity index (χ3n) is 5.04.